The minimum atomic E-state index is -3.98. The summed E-state index contributed by atoms with van der Waals surface area (Å²) in [5.74, 6) is -3.46. The van der Waals surface area contributed by atoms with Crippen molar-refractivity contribution >= 4 is 45.5 Å². The van der Waals surface area contributed by atoms with E-state index >= 15 is 4.79 Å². The molecule has 1 unspecified atom stereocenters. The zero-order chi connectivity index (χ0) is 53.5. The molecule has 400 valence electrons. The van der Waals surface area contributed by atoms with Gasteiger partial charge in [0.15, 0.2) is 0 Å². The van der Waals surface area contributed by atoms with Gasteiger partial charge in [0.1, 0.15) is 6.54 Å². The van der Waals surface area contributed by atoms with Crippen LogP contribution in [0.1, 0.15) is 92.5 Å². The number of primary amides is 1. The minimum absolute atomic E-state index is 0.00254. The van der Waals surface area contributed by atoms with Gasteiger partial charge in [-0.15, -0.1) is 0 Å². The average molecular weight is 1040 g/mol. The highest BCUT2D eigenvalue weighted by Gasteiger charge is 2.33. The molecule has 0 saturated heterocycles. The Kier molecular flexibility index (Phi) is 23.7. The van der Waals surface area contributed by atoms with Gasteiger partial charge in [0.25, 0.3) is 0 Å². The molecule has 18 nitrogen and oxygen atoms in total. The fourth-order valence-electron chi connectivity index (χ4n) is 9.19. The first-order valence-electron chi connectivity index (χ1n) is 25.7. The summed E-state index contributed by atoms with van der Waals surface area (Å²) < 4.78 is 24.2. The van der Waals surface area contributed by atoms with Crippen LogP contribution in [0.5, 0.6) is 0 Å². The maximum atomic E-state index is 15.3. The summed E-state index contributed by atoms with van der Waals surface area (Å²) in [6.07, 6.45) is 5.57. The lowest BCUT2D eigenvalue weighted by atomic mass is 9.90. The van der Waals surface area contributed by atoms with Crippen LogP contribution < -0.4 is 27.7 Å². The van der Waals surface area contributed by atoms with E-state index in [0.717, 1.165) is 42.4 Å². The highest BCUT2D eigenvalue weighted by molar-refractivity contribution is 7.89. The molecule has 1 aliphatic rings. The van der Waals surface area contributed by atoms with Crippen LogP contribution in [-0.4, -0.2) is 153 Å². The lowest BCUT2D eigenvalue weighted by Gasteiger charge is -2.34. The summed E-state index contributed by atoms with van der Waals surface area (Å²) >= 11 is 0. The molecular formula is C55H76N10O8S. The molecule has 19 heteroatoms. The van der Waals surface area contributed by atoms with Crippen molar-refractivity contribution in [2.45, 2.75) is 87.6 Å². The van der Waals surface area contributed by atoms with Crippen LogP contribution in [0.25, 0.3) is 0 Å². The molecule has 1 aliphatic carbocycles. The predicted molar refractivity (Wildman–Crippen MR) is 285 cm³/mol. The molecule has 0 heterocycles. The first-order valence-corrected chi connectivity index (χ1v) is 27.2. The maximum Gasteiger partial charge on any atom is 0.242 e. The van der Waals surface area contributed by atoms with Crippen molar-refractivity contribution < 1.29 is 37.2 Å². The zero-order valence-electron chi connectivity index (χ0n) is 42.8. The molecule has 0 bridgehead atoms. The number of benzene rings is 4. The van der Waals surface area contributed by atoms with Gasteiger partial charge < -0.3 is 47.0 Å². The van der Waals surface area contributed by atoms with Gasteiger partial charge in [-0.3, -0.25) is 28.8 Å². The Balaban J connectivity index is 1.50. The van der Waals surface area contributed by atoms with E-state index in [1.807, 2.05) is 97.9 Å². The number of unbranched alkanes of at least 4 members (excludes halogenated alkanes) is 2. The molecule has 0 radical (unpaired) electrons. The summed E-state index contributed by atoms with van der Waals surface area (Å²) in [7, 11) is -3.98. The Labute approximate surface area is 436 Å². The van der Waals surface area contributed by atoms with Gasteiger partial charge in [0, 0.05) is 44.2 Å². The Bertz CT molecular complexity index is 2480. The van der Waals surface area contributed by atoms with Crippen LogP contribution in [0.15, 0.2) is 120 Å². The van der Waals surface area contributed by atoms with Crippen molar-refractivity contribution in [3.8, 4) is 0 Å². The van der Waals surface area contributed by atoms with Crippen molar-refractivity contribution in [2.24, 2.45) is 22.3 Å². The summed E-state index contributed by atoms with van der Waals surface area (Å²) in [5, 5.41) is 8.70. The molecule has 4 aromatic carbocycles. The van der Waals surface area contributed by atoms with Crippen molar-refractivity contribution in [3.63, 3.8) is 0 Å². The van der Waals surface area contributed by atoms with E-state index in [-0.39, 0.29) is 81.7 Å². The Hall–Kier alpha value is -6.51. The van der Waals surface area contributed by atoms with Gasteiger partial charge in [-0.2, -0.15) is 0 Å². The third-order valence-corrected chi connectivity index (χ3v) is 14.4. The number of hydrogen-bond acceptors (Lipinski definition) is 11. The second kappa shape index (κ2) is 30.0. The van der Waals surface area contributed by atoms with Crippen LogP contribution in [-0.2, 0) is 45.2 Å². The number of nitrogens with two attached hydrogens (primary N) is 4. The first-order chi connectivity index (χ1) is 35.6. The molecule has 4 aromatic rings. The summed E-state index contributed by atoms with van der Waals surface area (Å²) in [6.45, 7) is 1.03. The fourth-order valence-corrected chi connectivity index (χ4v) is 9.71. The smallest absolute Gasteiger partial charge is 0.242 e. The van der Waals surface area contributed by atoms with Gasteiger partial charge in [-0.1, -0.05) is 116 Å². The van der Waals surface area contributed by atoms with Gasteiger partial charge in [0.05, 0.1) is 37.6 Å². The van der Waals surface area contributed by atoms with Crippen LogP contribution in [0.4, 0.5) is 0 Å². The molecule has 1 saturated carbocycles. The first kappa shape index (κ1) is 58.4. The number of rotatable bonds is 31. The second-order valence-corrected chi connectivity index (χ2v) is 20.5. The number of nitrogens with zero attached hydrogens (tertiary/aromatic N) is 5. The van der Waals surface area contributed by atoms with E-state index < -0.39 is 58.6 Å². The van der Waals surface area contributed by atoms with Gasteiger partial charge in [-0.05, 0) is 99.3 Å². The monoisotopic (exact) mass is 1040 g/mol. The SMILES string of the molecule is CC(NCC(=O)N(CC(=O)N(CCc1ccc(S(N)(=O)=O)cc1)CC(=O)N(CC(=O)N(CCCCN)CC(=O)N(CCCCN)CC(N)=O)CC(c1ccccc1)c1ccccc1)C1CCCC1)c1ccccc1. The highest BCUT2D eigenvalue weighted by atomic mass is 32.2. The normalized spacial score (nSPS) is 13.0. The number of sulfonamides is 1. The molecule has 9 N–H and O–H groups in total. The lowest BCUT2D eigenvalue weighted by Crippen LogP contribution is -2.53. The summed E-state index contributed by atoms with van der Waals surface area (Å²) in [5.41, 5.74) is 20.5. The molecule has 6 amide bonds. The summed E-state index contributed by atoms with van der Waals surface area (Å²) in [4.78, 5) is 92.2. The molecule has 0 spiro atoms. The quantitative estimate of drug-likeness (QED) is 0.0457. The Morgan fingerprint density at radius 2 is 1.01 bits per heavy atom. The van der Waals surface area contributed by atoms with Crippen molar-refractivity contribution in [1.29, 1.82) is 0 Å². The topological polar surface area (TPSA) is 269 Å². The average Bonchev–Trinajstić information content (AvgIpc) is 3.94. The number of amides is 6. The third kappa shape index (κ3) is 18.8. The van der Waals surface area contributed by atoms with E-state index in [1.165, 1.54) is 31.7 Å². The third-order valence-electron chi connectivity index (χ3n) is 13.5. The minimum Gasteiger partial charge on any atom is -0.368 e. The van der Waals surface area contributed by atoms with Gasteiger partial charge in [0.2, 0.25) is 45.5 Å². The van der Waals surface area contributed by atoms with Gasteiger partial charge in [-0.25, -0.2) is 13.6 Å². The molecule has 74 heavy (non-hydrogen) atoms. The molecule has 1 atom stereocenters. The molecule has 0 aromatic heterocycles. The van der Waals surface area contributed by atoms with Crippen molar-refractivity contribution in [3.05, 3.63) is 138 Å². The number of primary sulfonamides is 1. The van der Waals surface area contributed by atoms with E-state index in [2.05, 4.69) is 5.32 Å². The van der Waals surface area contributed by atoms with Gasteiger partial charge >= 0.3 is 0 Å². The van der Waals surface area contributed by atoms with Crippen LogP contribution in [0, 0.1) is 0 Å². The fraction of sp³-hybridized carbons (Fsp3) is 0.455. The van der Waals surface area contributed by atoms with E-state index in [0.29, 0.717) is 44.3 Å². The van der Waals surface area contributed by atoms with Crippen LogP contribution in [0.2, 0.25) is 0 Å². The van der Waals surface area contributed by atoms with Crippen molar-refractivity contribution in [2.75, 3.05) is 78.5 Å². The largest absolute Gasteiger partial charge is 0.368 e. The van der Waals surface area contributed by atoms with Crippen LogP contribution >= 0.6 is 0 Å². The summed E-state index contributed by atoms with van der Waals surface area (Å²) in [6, 6.07) is 34.5. The predicted octanol–water partition coefficient (Wildman–Crippen LogP) is 3.11. The highest BCUT2D eigenvalue weighted by Crippen LogP contribution is 2.27. The Morgan fingerprint density at radius 1 is 0.568 bits per heavy atom. The van der Waals surface area contributed by atoms with E-state index in [4.69, 9.17) is 22.3 Å². The second-order valence-electron chi connectivity index (χ2n) is 19.0. The maximum absolute atomic E-state index is 15.3. The van der Waals surface area contributed by atoms with Crippen molar-refractivity contribution in [1.82, 2.24) is 29.8 Å². The molecular weight excluding hydrogens is 961 g/mol. The lowest BCUT2D eigenvalue weighted by molar-refractivity contribution is -0.148. The molecule has 0 aliphatic heterocycles. The zero-order valence-corrected chi connectivity index (χ0v) is 43.6. The number of carbonyl (C=O) groups is 6. The number of nitrogens with one attached hydrogen (secondary N) is 1. The Morgan fingerprint density at radius 3 is 1.50 bits per heavy atom. The van der Waals surface area contributed by atoms with E-state index in [9.17, 15) is 32.4 Å². The molecule has 1 fully saturated rings. The number of carbonyl (C=O) groups excluding carboxylic acids is 6. The standard InChI is InChI=1S/C55H76N10O8S/c1-42(44-17-5-2-6-18-44)60-35-51(67)65(47-23-11-12-24-47)41-55(71)63(34-29-43-25-27-48(28-26-43)74(59,72)73)39-54(70)64(36-49(45-19-7-3-8-20-45)46-21-9-4-10-22-46)40-53(69)62(33-16-14-31-57)38-52(68)61(37-50(58)66)32-15-13-30-56/h2-10,17-22,25-28,42,47,49,60H,11-16,23-24,29-41,56-57H2,1H3,(H2,58,66)(H2,59,72,73). The molecule has 5 rings (SSSR count). The van der Waals surface area contributed by atoms with Crippen LogP contribution in [0.3, 0.4) is 0 Å². The number of hydrogen-bond donors (Lipinski definition) is 5. The van der Waals surface area contributed by atoms with E-state index in [1.54, 1.807) is 17.0 Å².